The minimum Gasteiger partial charge on any atom is -0.507 e. The van der Waals surface area contributed by atoms with E-state index >= 15 is 0 Å². The van der Waals surface area contributed by atoms with E-state index in [4.69, 9.17) is 0 Å². The lowest BCUT2D eigenvalue weighted by atomic mass is 10.1. The molecule has 9 heteroatoms. The van der Waals surface area contributed by atoms with E-state index in [0.29, 0.717) is 16.5 Å². The molecular formula is C25H22BrIN4O2S. The lowest BCUT2D eigenvalue weighted by Crippen LogP contribution is -2.15. The van der Waals surface area contributed by atoms with Crippen molar-refractivity contribution < 1.29 is 9.90 Å². The third-order valence-electron chi connectivity index (χ3n) is 5.22. The summed E-state index contributed by atoms with van der Waals surface area (Å²) in [5.74, 6) is 0.641. The molecule has 1 heterocycles. The zero-order valence-corrected chi connectivity index (χ0v) is 23.3. The molecule has 174 valence electrons. The van der Waals surface area contributed by atoms with Gasteiger partial charge in [0, 0.05) is 13.7 Å². The number of thioether (sulfide) groups is 1. The zero-order valence-electron chi connectivity index (χ0n) is 18.8. The number of amides is 1. The van der Waals surface area contributed by atoms with Crippen molar-refractivity contribution in [1.82, 2.24) is 14.8 Å². The van der Waals surface area contributed by atoms with E-state index in [2.05, 4.69) is 60.1 Å². The van der Waals surface area contributed by atoms with Crippen molar-refractivity contribution in [3.63, 3.8) is 0 Å². The summed E-state index contributed by atoms with van der Waals surface area (Å²) in [4.78, 5) is 12.7. The van der Waals surface area contributed by atoms with E-state index in [9.17, 15) is 9.90 Å². The van der Waals surface area contributed by atoms with Gasteiger partial charge in [0.05, 0.1) is 17.0 Å². The molecule has 0 atom stereocenters. The Morgan fingerprint density at radius 1 is 1.06 bits per heavy atom. The van der Waals surface area contributed by atoms with Crippen LogP contribution in [0.3, 0.4) is 0 Å². The average molecular weight is 649 g/mol. The molecule has 0 fully saturated rings. The SMILES string of the molecule is Cc1ccc(-n2c(SCC(=O)Nc3ccc(I)cc3C)nnc2-c2cc(Br)ccc2O)c(C)c1. The number of carbonyl (C=O) groups is 1. The van der Waals surface area contributed by atoms with Crippen molar-refractivity contribution in [1.29, 1.82) is 0 Å². The number of nitrogens with one attached hydrogen (secondary N) is 1. The van der Waals surface area contributed by atoms with E-state index in [-0.39, 0.29) is 17.4 Å². The number of anilines is 1. The normalized spacial score (nSPS) is 11.0. The number of benzene rings is 3. The Labute approximate surface area is 224 Å². The number of aromatic hydroxyl groups is 1. The number of phenols is 1. The number of phenolic OH excluding ortho intramolecular Hbond substituents is 1. The Morgan fingerprint density at radius 3 is 2.59 bits per heavy atom. The van der Waals surface area contributed by atoms with E-state index < -0.39 is 0 Å². The van der Waals surface area contributed by atoms with Gasteiger partial charge in [0.15, 0.2) is 11.0 Å². The smallest absolute Gasteiger partial charge is 0.234 e. The molecule has 0 saturated carbocycles. The molecule has 1 amide bonds. The molecule has 0 bridgehead atoms. The molecule has 0 aliphatic rings. The van der Waals surface area contributed by atoms with E-state index in [1.165, 1.54) is 11.8 Å². The van der Waals surface area contributed by atoms with Gasteiger partial charge in [0.1, 0.15) is 5.75 Å². The highest BCUT2D eigenvalue weighted by molar-refractivity contribution is 14.1. The third kappa shape index (κ3) is 5.47. The number of rotatable bonds is 6. The Hall–Kier alpha value is -2.37. The molecule has 4 aromatic rings. The third-order valence-corrected chi connectivity index (χ3v) is 7.31. The summed E-state index contributed by atoms with van der Waals surface area (Å²) in [6.45, 7) is 6.03. The summed E-state index contributed by atoms with van der Waals surface area (Å²) in [5.41, 5.74) is 5.42. The Kier molecular flexibility index (Phi) is 7.63. The maximum Gasteiger partial charge on any atom is 0.234 e. The fraction of sp³-hybridized carbons (Fsp3) is 0.160. The van der Waals surface area contributed by atoms with Crippen LogP contribution in [0.5, 0.6) is 5.75 Å². The highest BCUT2D eigenvalue weighted by Crippen LogP contribution is 2.35. The van der Waals surface area contributed by atoms with Gasteiger partial charge in [-0.1, -0.05) is 45.4 Å². The first-order chi connectivity index (χ1) is 16.2. The van der Waals surface area contributed by atoms with Crippen molar-refractivity contribution in [3.8, 4) is 22.8 Å². The van der Waals surface area contributed by atoms with Crippen LogP contribution >= 0.6 is 50.3 Å². The van der Waals surface area contributed by atoms with Crippen molar-refractivity contribution in [3.05, 3.63) is 79.3 Å². The van der Waals surface area contributed by atoms with Crippen molar-refractivity contribution in [2.75, 3.05) is 11.1 Å². The molecule has 0 aliphatic carbocycles. The first kappa shape index (κ1) is 24.7. The number of hydrogen-bond acceptors (Lipinski definition) is 5. The quantitative estimate of drug-likeness (QED) is 0.181. The van der Waals surface area contributed by atoms with Gasteiger partial charge in [-0.25, -0.2) is 0 Å². The van der Waals surface area contributed by atoms with Crippen LogP contribution in [-0.4, -0.2) is 31.5 Å². The first-order valence-corrected chi connectivity index (χ1v) is 13.3. The van der Waals surface area contributed by atoms with E-state index in [1.54, 1.807) is 18.2 Å². The van der Waals surface area contributed by atoms with Crippen LogP contribution in [0.1, 0.15) is 16.7 Å². The van der Waals surface area contributed by atoms with Crippen LogP contribution in [0.25, 0.3) is 17.1 Å². The van der Waals surface area contributed by atoms with Crippen LogP contribution in [-0.2, 0) is 4.79 Å². The fourth-order valence-electron chi connectivity index (χ4n) is 3.58. The first-order valence-electron chi connectivity index (χ1n) is 10.4. The Balaban J connectivity index is 1.68. The number of carbonyl (C=O) groups excluding carboxylic acids is 1. The molecule has 3 aromatic carbocycles. The average Bonchev–Trinajstić information content (AvgIpc) is 3.19. The molecule has 0 unspecified atom stereocenters. The summed E-state index contributed by atoms with van der Waals surface area (Å²) in [7, 11) is 0. The number of aromatic nitrogens is 3. The Bertz CT molecular complexity index is 1390. The van der Waals surface area contributed by atoms with Crippen LogP contribution in [0.4, 0.5) is 5.69 Å². The molecule has 34 heavy (non-hydrogen) atoms. The summed E-state index contributed by atoms with van der Waals surface area (Å²) < 4.78 is 3.83. The summed E-state index contributed by atoms with van der Waals surface area (Å²) in [6.07, 6.45) is 0. The van der Waals surface area contributed by atoms with Crippen LogP contribution in [0, 0.1) is 24.3 Å². The lowest BCUT2D eigenvalue weighted by molar-refractivity contribution is -0.113. The second-order valence-electron chi connectivity index (χ2n) is 7.89. The van der Waals surface area contributed by atoms with Gasteiger partial charge >= 0.3 is 0 Å². The monoisotopic (exact) mass is 648 g/mol. The number of nitrogens with zero attached hydrogens (tertiary/aromatic N) is 3. The number of aryl methyl sites for hydroxylation is 3. The standard InChI is InChI=1S/C25H22BrIN4O2S/c1-14-4-8-21(16(3)10-14)31-24(19-12-17(26)5-9-22(19)32)29-30-25(31)34-13-23(33)28-20-7-6-18(27)11-15(20)2/h4-12,32H,13H2,1-3H3,(H,28,33). The van der Waals surface area contributed by atoms with Gasteiger partial charge < -0.3 is 10.4 Å². The van der Waals surface area contributed by atoms with E-state index in [0.717, 1.165) is 36.1 Å². The summed E-state index contributed by atoms with van der Waals surface area (Å²) in [6, 6.07) is 17.2. The maximum absolute atomic E-state index is 12.7. The topological polar surface area (TPSA) is 80.0 Å². The highest BCUT2D eigenvalue weighted by atomic mass is 127. The largest absolute Gasteiger partial charge is 0.507 e. The molecule has 0 radical (unpaired) electrons. The van der Waals surface area contributed by atoms with Crippen molar-refractivity contribution in [2.45, 2.75) is 25.9 Å². The van der Waals surface area contributed by atoms with Gasteiger partial charge in [-0.15, -0.1) is 10.2 Å². The van der Waals surface area contributed by atoms with Crippen LogP contribution < -0.4 is 5.32 Å². The maximum atomic E-state index is 12.7. The molecule has 4 rings (SSSR count). The van der Waals surface area contributed by atoms with Gasteiger partial charge in [-0.2, -0.15) is 0 Å². The molecule has 0 spiro atoms. The van der Waals surface area contributed by atoms with Gasteiger partial charge in [-0.05, 0) is 97.0 Å². The molecular weight excluding hydrogens is 627 g/mol. The van der Waals surface area contributed by atoms with Crippen molar-refractivity contribution >= 4 is 61.9 Å². The predicted octanol–water partition coefficient (Wildman–Crippen LogP) is 6.66. The molecule has 1 aromatic heterocycles. The summed E-state index contributed by atoms with van der Waals surface area (Å²) in [5, 5.41) is 22.8. The molecule has 2 N–H and O–H groups in total. The fourth-order valence-corrected chi connectivity index (χ4v) is 5.34. The summed E-state index contributed by atoms with van der Waals surface area (Å²) >= 11 is 7.02. The minimum atomic E-state index is -0.128. The van der Waals surface area contributed by atoms with E-state index in [1.807, 2.05) is 55.7 Å². The van der Waals surface area contributed by atoms with Gasteiger partial charge in [-0.3, -0.25) is 9.36 Å². The second-order valence-corrected chi connectivity index (χ2v) is 11.0. The molecule has 0 aliphatic heterocycles. The molecule has 6 nitrogen and oxygen atoms in total. The van der Waals surface area contributed by atoms with Gasteiger partial charge in [0.2, 0.25) is 5.91 Å². The lowest BCUT2D eigenvalue weighted by Gasteiger charge is -2.14. The molecule has 0 saturated heterocycles. The van der Waals surface area contributed by atoms with Gasteiger partial charge in [0.25, 0.3) is 0 Å². The van der Waals surface area contributed by atoms with Crippen LogP contribution in [0.2, 0.25) is 0 Å². The number of halogens is 2. The minimum absolute atomic E-state index is 0.102. The second kappa shape index (κ2) is 10.5. The Morgan fingerprint density at radius 2 is 1.85 bits per heavy atom. The zero-order chi connectivity index (χ0) is 24.4. The predicted molar refractivity (Wildman–Crippen MR) is 149 cm³/mol. The number of hydrogen-bond donors (Lipinski definition) is 2. The van der Waals surface area contributed by atoms with Crippen LogP contribution in [0.15, 0.2) is 64.2 Å². The highest BCUT2D eigenvalue weighted by Gasteiger charge is 2.21. The van der Waals surface area contributed by atoms with Crippen molar-refractivity contribution in [2.24, 2.45) is 0 Å².